The van der Waals surface area contributed by atoms with Crippen molar-refractivity contribution < 1.29 is 14.1 Å². The lowest BCUT2D eigenvalue weighted by Gasteiger charge is -2.16. The molecule has 0 aliphatic heterocycles. The highest BCUT2D eigenvalue weighted by Gasteiger charge is 2.15. The Morgan fingerprint density at radius 3 is 2.52 bits per heavy atom. The van der Waals surface area contributed by atoms with Crippen molar-refractivity contribution >= 4 is 11.6 Å². The van der Waals surface area contributed by atoms with E-state index in [0.29, 0.717) is 19.1 Å². The first kappa shape index (κ1) is 17.3. The Kier molecular flexibility index (Phi) is 6.46. The van der Waals surface area contributed by atoms with E-state index in [-0.39, 0.29) is 5.56 Å². The van der Waals surface area contributed by atoms with Gasteiger partial charge in [0.25, 0.3) is 11.6 Å². The van der Waals surface area contributed by atoms with Gasteiger partial charge in [0.15, 0.2) is 0 Å². The van der Waals surface area contributed by atoms with E-state index < -0.39 is 22.3 Å². The first-order chi connectivity index (χ1) is 11.1. The number of hydrogen-bond acceptors (Lipinski definition) is 4. The number of nitrogens with one attached hydrogen (secondary N) is 2. The van der Waals surface area contributed by atoms with E-state index in [4.69, 9.17) is 0 Å². The Morgan fingerprint density at radius 1 is 1.17 bits per heavy atom. The molecule has 1 aliphatic rings. The summed E-state index contributed by atoms with van der Waals surface area (Å²) in [5.41, 5.74) is -0.460. The van der Waals surface area contributed by atoms with Crippen LogP contribution < -0.4 is 10.6 Å². The molecule has 0 aromatic heterocycles. The molecule has 1 amide bonds. The summed E-state index contributed by atoms with van der Waals surface area (Å²) in [7, 11) is 0. The second-order valence-electron chi connectivity index (χ2n) is 5.85. The van der Waals surface area contributed by atoms with E-state index in [1.165, 1.54) is 25.7 Å². The van der Waals surface area contributed by atoms with Crippen LogP contribution in [0, 0.1) is 15.9 Å². The maximum Gasteiger partial charge on any atom is 0.273 e. The Hall–Kier alpha value is -2.02. The molecule has 7 heteroatoms. The molecule has 2 rings (SSSR count). The summed E-state index contributed by atoms with van der Waals surface area (Å²) in [5.74, 6) is -1.30. The Morgan fingerprint density at radius 2 is 1.87 bits per heavy atom. The van der Waals surface area contributed by atoms with Gasteiger partial charge >= 0.3 is 0 Å². The molecule has 0 spiro atoms. The molecule has 6 nitrogen and oxygen atoms in total. The number of nitro benzene ring substituents is 1. The topological polar surface area (TPSA) is 84.3 Å². The van der Waals surface area contributed by atoms with Crippen LogP contribution >= 0.6 is 0 Å². The molecule has 1 aliphatic carbocycles. The van der Waals surface area contributed by atoms with E-state index in [9.17, 15) is 19.3 Å². The van der Waals surface area contributed by atoms with Gasteiger partial charge in [0.05, 0.1) is 11.0 Å². The van der Waals surface area contributed by atoms with Crippen LogP contribution in [0.4, 0.5) is 10.1 Å². The van der Waals surface area contributed by atoms with Crippen molar-refractivity contribution in [2.75, 3.05) is 13.1 Å². The van der Waals surface area contributed by atoms with Gasteiger partial charge in [-0.05, 0) is 18.9 Å². The largest absolute Gasteiger partial charge is 0.351 e. The summed E-state index contributed by atoms with van der Waals surface area (Å²) in [5, 5.41) is 16.8. The molecule has 126 valence electrons. The van der Waals surface area contributed by atoms with Crippen molar-refractivity contribution in [2.24, 2.45) is 0 Å². The number of benzene rings is 1. The number of non-ortho nitro benzene ring substituents is 1. The zero-order valence-corrected chi connectivity index (χ0v) is 13.0. The minimum atomic E-state index is -0.791. The first-order valence-corrected chi connectivity index (χ1v) is 8.03. The van der Waals surface area contributed by atoms with E-state index in [0.717, 1.165) is 31.0 Å². The van der Waals surface area contributed by atoms with Crippen molar-refractivity contribution in [3.05, 3.63) is 39.7 Å². The lowest BCUT2D eigenvalue weighted by Crippen LogP contribution is -2.36. The normalized spacial score (nSPS) is 15.9. The van der Waals surface area contributed by atoms with Crippen LogP contribution in [0.15, 0.2) is 18.2 Å². The van der Waals surface area contributed by atoms with Crippen molar-refractivity contribution in [3.63, 3.8) is 0 Å². The third kappa shape index (κ3) is 5.59. The second-order valence-corrected chi connectivity index (χ2v) is 5.85. The van der Waals surface area contributed by atoms with Crippen molar-refractivity contribution in [1.82, 2.24) is 10.6 Å². The second kappa shape index (κ2) is 8.57. The van der Waals surface area contributed by atoms with Crippen molar-refractivity contribution in [1.29, 1.82) is 0 Å². The van der Waals surface area contributed by atoms with Crippen LogP contribution in [-0.4, -0.2) is 30.0 Å². The van der Waals surface area contributed by atoms with Crippen molar-refractivity contribution in [3.8, 4) is 0 Å². The number of halogens is 1. The lowest BCUT2D eigenvalue weighted by atomic mass is 10.1. The van der Waals surface area contributed by atoms with Gasteiger partial charge in [0.2, 0.25) is 0 Å². The summed E-state index contributed by atoms with van der Waals surface area (Å²) < 4.78 is 13.3. The van der Waals surface area contributed by atoms with Crippen LogP contribution in [-0.2, 0) is 0 Å². The average Bonchev–Trinajstić information content (AvgIpc) is 2.79. The smallest absolute Gasteiger partial charge is 0.273 e. The number of hydrogen-bond donors (Lipinski definition) is 2. The fourth-order valence-electron chi connectivity index (χ4n) is 2.85. The van der Waals surface area contributed by atoms with Gasteiger partial charge in [-0.15, -0.1) is 0 Å². The SMILES string of the molecule is O=C(NCCNC1CCCCCC1)c1cc(F)cc([N+](=O)[O-])c1. The number of amides is 1. The zero-order chi connectivity index (χ0) is 16.7. The number of nitro groups is 1. The third-order valence-electron chi connectivity index (χ3n) is 4.05. The van der Waals surface area contributed by atoms with Gasteiger partial charge in [-0.2, -0.15) is 0 Å². The van der Waals surface area contributed by atoms with Gasteiger partial charge in [-0.3, -0.25) is 14.9 Å². The number of carbonyl (C=O) groups excluding carboxylic acids is 1. The van der Waals surface area contributed by atoms with Gasteiger partial charge < -0.3 is 10.6 Å². The highest BCUT2D eigenvalue weighted by molar-refractivity contribution is 5.94. The maximum atomic E-state index is 13.3. The molecule has 23 heavy (non-hydrogen) atoms. The van der Waals surface area contributed by atoms with Crippen molar-refractivity contribution in [2.45, 2.75) is 44.6 Å². The molecule has 0 atom stereocenters. The van der Waals surface area contributed by atoms with Crippen LogP contribution in [0.3, 0.4) is 0 Å². The summed E-state index contributed by atoms with van der Waals surface area (Å²) in [6.45, 7) is 1.04. The fraction of sp³-hybridized carbons (Fsp3) is 0.562. The van der Waals surface area contributed by atoms with Crippen LogP contribution in [0.2, 0.25) is 0 Å². The Labute approximate surface area is 134 Å². The highest BCUT2D eigenvalue weighted by Crippen LogP contribution is 2.17. The summed E-state index contributed by atoms with van der Waals surface area (Å²) >= 11 is 0. The van der Waals surface area contributed by atoms with E-state index in [2.05, 4.69) is 10.6 Å². The molecule has 0 heterocycles. The van der Waals surface area contributed by atoms with Crippen LogP contribution in [0.5, 0.6) is 0 Å². The van der Waals surface area contributed by atoms with Gasteiger partial charge in [0.1, 0.15) is 5.82 Å². The molecule has 1 fully saturated rings. The number of carbonyl (C=O) groups is 1. The van der Waals surface area contributed by atoms with E-state index in [1.807, 2.05) is 0 Å². The van der Waals surface area contributed by atoms with Gasteiger partial charge in [0, 0.05) is 30.8 Å². The molecule has 1 aromatic carbocycles. The number of rotatable bonds is 6. The minimum Gasteiger partial charge on any atom is -0.351 e. The first-order valence-electron chi connectivity index (χ1n) is 8.03. The van der Waals surface area contributed by atoms with Gasteiger partial charge in [-0.25, -0.2) is 4.39 Å². The Bertz CT molecular complexity index is 558. The molecule has 0 saturated heterocycles. The monoisotopic (exact) mass is 323 g/mol. The minimum absolute atomic E-state index is 0.0360. The van der Waals surface area contributed by atoms with E-state index in [1.54, 1.807) is 0 Å². The predicted molar refractivity (Wildman–Crippen MR) is 84.9 cm³/mol. The molecule has 2 N–H and O–H groups in total. The molecule has 0 radical (unpaired) electrons. The quantitative estimate of drug-likeness (QED) is 0.365. The zero-order valence-electron chi connectivity index (χ0n) is 13.0. The number of nitrogens with zero attached hydrogens (tertiary/aromatic N) is 1. The van der Waals surface area contributed by atoms with Gasteiger partial charge in [-0.1, -0.05) is 25.7 Å². The third-order valence-corrected chi connectivity index (χ3v) is 4.05. The lowest BCUT2D eigenvalue weighted by molar-refractivity contribution is -0.385. The molecular weight excluding hydrogens is 301 g/mol. The molecule has 1 saturated carbocycles. The molecular formula is C16H22FN3O3. The highest BCUT2D eigenvalue weighted by atomic mass is 19.1. The van der Waals surface area contributed by atoms with Crippen LogP contribution in [0.1, 0.15) is 48.9 Å². The molecule has 1 aromatic rings. The Balaban J connectivity index is 1.79. The predicted octanol–water partition coefficient (Wildman–Crippen LogP) is 2.78. The summed E-state index contributed by atoms with van der Waals surface area (Å²) in [6.07, 6.45) is 7.35. The fourth-order valence-corrected chi connectivity index (χ4v) is 2.85. The molecule has 0 unspecified atom stereocenters. The average molecular weight is 323 g/mol. The van der Waals surface area contributed by atoms with Crippen LogP contribution in [0.25, 0.3) is 0 Å². The standard InChI is InChI=1S/C16H22FN3O3/c17-13-9-12(10-15(11-13)20(22)23)16(21)19-8-7-18-14-5-3-1-2-4-6-14/h9-11,14,18H,1-8H2,(H,19,21). The maximum absolute atomic E-state index is 13.3. The summed E-state index contributed by atoms with van der Waals surface area (Å²) in [6, 6.07) is 3.37. The molecule has 0 bridgehead atoms. The van der Waals surface area contributed by atoms with E-state index >= 15 is 0 Å². The summed E-state index contributed by atoms with van der Waals surface area (Å²) in [4.78, 5) is 21.9.